The van der Waals surface area contributed by atoms with E-state index in [2.05, 4.69) is 38.1 Å². The molecule has 1 heterocycles. The Labute approximate surface area is 98.8 Å². The molecule has 0 amide bonds. The van der Waals surface area contributed by atoms with Gasteiger partial charge in [0.05, 0.1) is 4.47 Å². The maximum absolute atomic E-state index is 5.53. The van der Waals surface area contributed by atoms with Gasteiger partial charge in [-0.1, -0.05) is 13.3 Å². The molecule has 0 aliphatic heterocycles. The maximum atomic E-state index is 5.53. The molecule has 1 rings (SSSR count). The van der Waals surface area contributed by atoms with E-state index in [1.807, 2.05) is 0 Å². The van der Waals surface area contributed by atoms with Crippen LogP contribution in [0.5, 0.6) is 0 Å². The Morgan fingerprint density at radius 1 is 1.47 bits per heavy atom. The number of nitrogens with two attached hydrogens (primary N) is 1. The summed E-state index contributed by atoms with van der Waals surface area (Å²) in [5, 5.41) is 3.21. The predicted octanol–water partition coefficient (Wildman–Crippen LogP) is 2.03. The van der Waals surface area contributed by atoms with Gasteiger partial charge in [-0.25, -0.2) is 9.97 Å². The Morgan fingerprint density at radius 3 is 2.67 bits per heavy atom. The smallest absolute Gasteiger partial charge is 0.222 e. The predicted molar refractivity (Wildman–Crippen MR) is 65.7 cm³/mol. The molecule has 3 N–H and O–H groups in total. The summed E-state index contributed by atoms with van der Waals surface area (Å²) in [5.41, 5.74) is 5.53. The van der Waals surface area contributed by atoms with Crippen molar-refractivity contribution in [3.05, 3.63) is 16.9 Å². The second kappa shape index (κ2) is 6.74. The van der Waals surface area contributed by atoms with Crippen molar-refractivity contribution in [3.8, 4) is 0 Å². The van der Waals surface area contributed by atoms with Gasteiger partial charge in [0, 0.05) is 18.9 Å². The van der Waals surface area contributed by atoms with Gasteiger partial charge in [-0.15, -0.1) is 0 Å². The van der Waals surface area contributed by atoms with Crippen LogP contribution >= 0.6 is 15.9 Å². The first-order valence-electron chi connectivity index (χ1n) is 5.17. The molecule has 0 fully saturated rings. The van der Waals surface area contributed by atoms with E-state index in [4.69, 9.17) is 5.73 Å². The molecule has 0 bridgehead atoms. The largest absolute Gasteiger partial charge is 0.354 e. The zero-order valence-electron chi connectivity index (χ0n) is 8.91. The minimum atomic E-state index is 0.599. The first kappa shape index (κ1) is 12.4. The molecule has 1 aromatic rings. The highest BCUT2D eigenvalue weighted by Gasteiger charge is 2.05. The standard InChI is InChI=1S/C10H17BrN4/c1-2-8(3-4-12)5-13-10-14-6-9(11)7-15-10/h6-8H,2-5,12H2,1H3,(H,13,14,15). The fourth-order valence-electron chi connectivity index (χ4n) is 1.33. The summed E-state index contributed by atoms with van der Waals surface area (Å²) in [4.78, 5) is 8.29. The Hall–Kier alpha value is -0.680. The van der Waals surface area contributed by atoms with Crippen LogP contribution in [0.25, 0.3) is 0 Å². The van der Waals surface area contributed by atoms with Crippen molar-refractivity contribution >= 4 is 21.9 Å². The average molecular weight is 273 g/mol. The van der Waals surface area contributed by atoms with Crippen LogP contribution in [-0.4, -0.2) is 23.1 Å². The Morgan fingerprint density at radius 2 is 2.13 bits per heavy atom. The number of rotatable bonds is 6. The zero-order chi connectivity index (χ0) is 11.1. The van der Waals surface area contributed by atoms with Crippen molar-refractivity contribution in [1.82, 2.24) is 9.97 Å². The molecule has 1 unspecified atom stereocenters. The maximum Gasteiger partial charge on any atom is 0.222 e. The van der Waals surface area contributed by atoms with Gasteiger partial charge in [-0.3, -0.25) is 0 Å². The number of nitrogens with one attached hydrogen (secondary N) is 1. The number of aromatic nitrogens is 2. The lowest BCUT2D eigenvalue weighted by Gasteiger charge is -2.14. The first-order chi connectivity index (χ1) is 7.26. The van der Waals surface area contributed by atoms with Gasteiger partial charge in [-0.05, 0) is 34.8 Å². The van der Waals surface area contributed by atoms with Crippen LogP contribution < -0.4 is 11.1 Å². The average Bonchev–Trinajstić information content (AvgIpc) is 2.26. The lowest BCUT2D eigenvalue weighted by Crippen LogP contribution is -2.18. The zero-order valence-corrected chi connectivity index (χ0v) is 10.5. The molecule has 5 heteroatoms. The van der Waals surface area contributed by atoms with Crippen LogP contribution in [0, 0.1) is 5.92 Å². The van der Waals surface area contributed by atoms with Gasteiger partial charge in [0.25, 0.3) is 0 Å². The summed E-state index contributed by atoms with van der Waals surface area (Å²) >= 11 is 3.29. The van der Waals surface area contributed by atoms with Crippen molar-refractivity contribution in [3.63, 3.8) is 0 Å². The molecule has 0 aliphatic carbocycles. The topological polar surface area (TPSA) is 63.8 Å². The Balaban J connectivity index is 2.38. The molecule has 0 saturated heterocycles. The highest BCUT2D eigenvalue weighted by Crippen LogP contribution is 2.10. The molecule has 4 nitrogen and oxygen atoms in total. The number of hydrogen-bond donors (Lipinski definition) is 2. The van der Waals surface area contributed by atoms with E-state index in [-0.39, 0.29) is 0 Å². The molecule has 0 saturated carbocycles. The van der Waals surface area contributed by atoms with Gasteiger partial charge in [0.1, 0.15) is 0 Å². The summed E-state index contributed by atoms with van der Waals surface area (Å²) < 4.78 is 0.891. The molecule has 1 atom stereocenters. The summed E-state index contributed by atoms with van der Waals surface area (Å²) in [6.45, 7) is 3.79. The Kier molecular flexibility index (Phi) is 5.57. The summed E-state index contributed by atoms with van der Waals surface area (Å²) in [6, 6.07) is 0. The third kappa shape index (κ3) is 4.57. The number of anilines is 1. The lowest BCUT2D eigenvalue weighted by molar-refractivity contribution is 0.500. The fraction of sp³-hybridized carbons (Fsp3) is 0.600. The van der Waals surface area contributed by atoms with E-state index in [0.717, 1.165) is 30.4 Å². The van der Waals surface area contributed by atoms with E-state index in [1.54, 1.807) is 12.4 Å². The van der Waals surface area contributed by atoms with Crippen LogP contribution in [0.1, 0.15) is 19.8 Å². The lowest BCUT2D eigenvalue weighted by atomic mass is 10.0. The van der Waals surface area contributed by atoms with Crippen LogP contribution in [-0.2, 0) is 0 Å². The normalized spacial score (nSPS) is 12.5. The van der Waals surface area contributed by atoms with Crippen LogP contribution in [0.15, 0.2) is 16.9 Å². The SMILES string of the molecule is CCC(CCN)CNc1ncc(Br)cn1. The fourth-order valence-corrected chi connectivity index (χ4v) is 1.53. The van der Waals surface area contributed by atoms with Crippen LogP contribution in [0.3, 0.4) is 0 Å². The first-order valence-corrected chi connectivity index (χ1v) is 5.97. The van der Waals surface area contributed by atoms with Gasteiger partial charge in [-0.2, -0.15) is 0 Å². The minimum absolute atomic E-state index is 0.599. The third-order valence-corrected chi connectivity index (χ3v) is 2.73. The van der Waals surface area contributed by atoms with Crippen LogP contribution in [0.2, 0.25) is 0 Å². The highest BCUT2D eigenvalue weighted by atomic mass is 79.9. The van der Waals surface area contributed by atoms with Crippen molar-refractivity contribution in [2.24, 2.45) is 11.7 Å². The van der Waals surface area contributed by atoms with Gasteiger partial charge < -0.3 is 11.1 Å². The van der Waals surface area contributed by atoms with Gasteiger partial charge in [0.15, 0.2) is 0 Å². The molecule has 1 aromatic heterocycles. The second-order valence-electron chi connectivity index (χ2n) is 3.46. The van der Waals surface area contributed by atoms with Crippen molar-refractivity contribution in [2.75, 3.05) is 18.4 Å². The molecular formula is C10H17BrN4. The van der Waals surface area contributed by atoms with E-state index in [1.165, 1.54) is 0 Å². The van der Waals surface area contributed by atoms with E-state index >= 15 is 0 Å². The molecule has 15 heavy (non-hydrogen) atoms. The third-order valence-electron chi connectivity index (χ3n) is 2.32. The van der Waals surface area contributed by atoms with Crippen molar-refractivity contribution < 1.29 is 0 Å². The summed E-state index contributed by atoms with van der Waals surface area (Å²) in [5.74, 6) is 1.27. The van der Waals surface area contributed by atoms with E-state index in [9.17, 15) is 0 Å². The molecule has 0 radical (unpaired) electrons. The molecule has 0 aliphatic rings. The number of halogens is 1. The number of hydrogen-bond acceptors (Lipinski definition) is 4. The van der Waals surface area contributed by atoms with Gasteiger partial charge >= 0.3 is 0 Å². The second-order valence-corrected chi connectivity index (χ2v) is 4.37. The van der Waals surface area contributed by atoms with Gasteiger partial charge in [0.2, 0.25) is 5.95 Å². The quantitative estimate of drug-likeness (QED) is 0.832. The van der Waals surface area contributed by atoms with Crippen molar-refractivity contribution in [1.29, 1.82) is 0 Å². The van der Waals surface area contributed by atoms with Crippen LogP contribution in [0.4, 0.5) is 5.95 Å². The summed E-state index contributed by atoms with van der Waals surface area (Å²) in [7, 11) is 0. The molecule has 0 spiro atoms. The van der Waals surface area contributed by atoms with Crippen molar-refractivity contribution in [2.45, 2.75) is 19.8 Å². The minimum Gasteiger partial charge on any atom is -0.354 e. The molecule has 84 valence electrons. The Bertz CT molecular complexity index is 275. The number of nitrogens with zero attached hydrogens (tertiary/aromatic N) is 2. The molecule has 0 aromatic carbocycles. The highest BCUT2D eigenvalue weighted by molar-refractivity contribution is 9.10. The monoisotopic (exact) mass is 272 g/mol. The van der Waals surface area contributed by atoms with E-state index < -0.39 is 0 Å². The molecular weight excluding hydrogens is 256 g/mol. The summed E-state index contributed by atoms with van der Waals surface area (Å²) in [6.07, 6.45) is 5.64. The van der Waals surface area contributed by atoms with E-state index in [0.29, 0.717) is 11.9 Å².